The first kappa shape index (κ1) is 19.5. The van der Waals surface area contributed by atoms with Gasteiger partial charge in [-0.3, -0.25) is 14.9 Å². The highest BCUT2D eigenvalue weighted by Crippen LogP contribution is 2.33. The lowest BCUT2D eigenvalue weighted by Gasteiger charge is -2.08. The van der Waals surface area contributed by atoms with Gasteiger partial charge in [-0.15, -0.1) is 16.4 Å². The maximum absolute atomic E-state index is 12.4. The highest BCUT2D eigenvalue weighted by molar-refractivity contribution is 7.14. The highest BCUT2D eigenvalue weighted by atomic mass is 32.1. The van der Waals surface area contributed by atoms with E-state index in [9.17, 15) is 9.59 Å². The number of benzene rings is 1. The lowest BCUT2D eigenvalue weighted by molar-refractivity contribution is -0.129. The van der Waals surface area contributed by atoms with E-state index in [-0.39, 0.29) is 18.1 Å². The van der Waals surface area contributed by atoms with Crippen LogP contribution in [0.25, 0.3) is 11.3 Å². The average molecular weight is 400 g/mol. The minimum atomic E-state index is -0.444. The van der Waals surface area contributed by atoms with Crippen LogP contribution in [0.2, 0.25) is 0 Å². The number of hydrogen-bond acceptors (Lipinski definition) is 7. The molecule has 2 amide bonds. The molecular weight excluding hydrogens is 380 g/mol. The summed E-state index contributed by atoms with van der Waals surface area (Å²) in [4.78, 5) is 30.0. The Hall–Kier alpha value is -3.27. The number of nitrogens with one attached hydrogen (secondary N) is 1. The van der Waals surface area contributed by atoms with Gasteiger partial charge in [0.2, 0.25) is 5.91 Å². The van der Waals surface area contributed by atoms with Gasteiger partial charge in [-0.1, -0.05) is 16.8 Å². The summed E-state index contributed by atoms with van der Waals surface area (Å²) in [6, 6.07) is 5.82. The first-order valence-electron chi connectivity index (χ1n) is 8.39. The highest BCUT2D eigenvalue weighted by Gasteiger charge is 2.16. The maximum atomic E-state index is 12.4. The van der Waals surface area contributed by atoms with E-state index in [4.69, 9.17) is 4.74 Å². The van der Waals surface area contributed by atoms with Crippen molar-refractivity contribution in [2.24, 2.45) is 0 Å². The number of anilines is 1. The van der Waals surface area contributed by atoms with Crippen molar-refractivity contribution in [2.75, 3.05) is 26.5 Å². The molecule has 146 valence electrons. The largest absolute Gasteiger partial charge is 0.496 e. The molecule has 3 aromatic rings. The molecule has 0 bridgehead atoms. The van der Waals surface area contributed by atoms with E-state index in [1.807, 2.05) is 30.5 Å². The zero-order valence-corrected chi connectivity index (χ0v) is 16.8. The van der Waals surface area contributed by atoms with Crippen LogP contribution in [0.5, 0.6) is 5.75 Å². The van der Waals surface area contributed by atoms with Crippen LogP contribution in [-0.4, -0.2) is 57.9 Å². The van der Waals surface area contributed by atoms with Gasteiger partial charge in [-0.2, -0.15) is 0 Å². The molecule has 28 heavy (non-hydrogen) atoms. The Bertz CT molecular complexity index is 1010. The number of thiazole rings is 1. The van der Waals surface area contributed by atoms with Crippen LogP contribution in [0.1, 0.15) is 16.1 Å². The van der Waals surface area contributed by atoms with Crippen molar-refractivity contribution in [3.8, 4) is 17.0 Å². The Morgan fingerprint density at radius 3 is 2.82 bits per heavy atom. The molecule has 0 aliphatic rings. The number of ether oxygens (including phenoxy) is 1. The first-order valence-corrected chi connectivity index (χ1v) is 9.27. The summed E-state index contributed by atoms with van der Waals surface area (Å²) >= 11 is 1.30. The monoisotopic (exact) mass is 400 g/mol. The molecule has 0 fully saturated rings. The Kier molecular flexibility index (Phi) is 5.69. The summed E-state index contributed by atoms with van der Waals surface area (Å²) in [7, 11) is 4.90. The van der Waals surface area contributed by atoms with E-state index in [1.165, 1.54) is 27.1 Å². The molecule has 0 aliphatic heterocycles. The molecule has 0 aliphatic carbocycles. The van der Waals surface area contributed by atoms with Crippen LogP contribution in [0.3, 0.4) is 0 Å². The van der Waals surface area contributed by atoms with Gasteiger partial charge in [0.1, 0.15) is 12.3 Å². The van der Waals surface area contributed by atoms with Crippen molar-refractivity contribution in [2.45, 2.75) is 13.5 Å². The summed E-state index contributed by atoms with van der Waals surface area (Å²) in [5, 5.41) is 12.6. The standard InChI is InChI=1S/C18H20N6O3S/c1-11-5-6-15(27-4)12(7-11)14-10-28-18(19-14)20-17(26)13-8-24(22-21-13)9-16(25)23(2)3/h5-8,10H,9H2,1-4H3,(H,19,20,26). The van der Waals surface area contributed by atoms with Crippen LogP contribution in [-0.2, 0) is 11.3 Å². The second kappa shape index (κ2) is 8.17. The van der Waals surface area contributed by atoms with Crippen LogP contribution in [0.4, 0.5) is 5.13 Å². The summed E-state index contributed by atoms with van der Waals surface area (Å²) in [6.45, 7) is 2.00. The van der Waals surface area contributed by atoms with Gasteiger partial charge in [-0.05, 0) is 19.1 Å². The van der Waals surface area contributed by atoms with Gasteiger partial charge < -0.3 is 9.64 Å². The number of methoxy groups -OCH3 is 1. The molecule has 0 saturated heterocycles. The Morgan fingerprint density at radius 1 is 1.32 bits per heavy atom. The minimum absolute atomic E-state index is 0.0157. The lowest BCUT2D eigenvalue weighted by Crippen LogP contribution is -2.26. The predicted molar refractivity (Wildman–Crippen MR) is 106 cm³/mol. The normalized spacial score (nSPS) is 10.6. The van der Waals surface area contributed by atoms with E-state index in [1.54, 1.807) is 21.2 Å². The van der Waals surface area contributed by atoms with Gasteiger partial charge in [-0.25, -0.2) is 9.67 Å². The third-order valence-corrected chi connectivity index (χ3v) is 4.68. The molecule has 0 saturated carbocycles. The van der Waals surface area contributed by atoms with Gasteiger partial charge in [0.05, 0.1) is 19.0 Å². The number of aryl methyl sites for hydroxylation is 1. The number of aromatic nitrogens is 4. The second-order valence-corrected chi connectivity index (χ2v) is 7.14. The van der Waals surface area contributed by atoms with Gasteiger partial charge in [0.15, 0.2) is 10.8 Å². The van der Waals surface area contributed by atoms with E-state index in [2.05, 4.69) is 20.6 Å². The molecule has 2 aromatic heterocycles. The fourth-order valence-electron chi connectivity index (χ4n) is 2.40. The molecule has 3 rings (SSSR count). The number of likely N-dealkylation sites (N-methyl/N-ethyl adjacent to an activating group) is 1. The van der Waals surface area contributed by atoms with Crippen LogP contribution >= 0.6 is 11.3 Å². The summed E-state index contributed by atoms with van der Waals surface area (Å²) < 4.78 is 6.71. The van der Waals surface area contributed by atoms with Crippen molar-refractivity contribution in [3.63, 3.8) is 0 Å². The number of carbonyl (C=O) groups is 2. The van der Waals surface area contributed by atoms with Gasteiger partial charge >= 0.3 is 0 Å². The number of rotatable bonds is 6. The fraction of sp³-hybridized carbons (Fsp3) is 0.278. The average Bonchev–Trinajstić information content (AvgIpc) is 3.31. The van der Waals surface area contributed by atoms with Crippen LogP contribution in [0.15, 0.2) is 29.8 Å². The molecule has 0 radical (unpaired) electrons. The van der Waals surface area contributed by atoms with Crippen molar-refractivity contribution in [1.29, 1.82) is 0 Å². The lowest BCUT2D eigenvalue weighted by atomic mass is 10.1. The molecule has 0 spiro atoms. The summed E-state index contributed by atoms with van der Waals surface area (Å²) in [5.41, 5.74) is 2.75. The summed E-state index contributed by atoms with van der Waals surface area (Å²) in [5.74, 6) is 0.122. The molecule has 1 N–H and O–H groups in total. The van der Waals surface area contributed by atoms with Crippen molar-refractivity contribution < 1.29 is 14.3 Å². The number of hydrogen-bond donors (Lipinski definition) is 1. The molecular formula is C18H20N6O3S. The zero-order chi connectivity index (χ0) is 20.3. The molecule has 10 heteroatoms. The number of nitrogens with zero attached hydrogens (tertiary/aromatic N) is 5. The third-order valence-electron chi connectivity index (χ3n) is 3.92. The van der Waals surface area contributed by atoms with E-state index in [0.717, 1.165) is 11.1 Å². The second-order valence-electron chi connectivity index (χ2n) is 6.29. The Morgan fingerprint density at radius 2 is 2.11 bits per heavy atom. The third kappa shape index (κ3) is 4.34. The van der Waals surface area contributed by atoms with Crippen LogP contribution in [0, 0.1) is 6.92 Å². The van der Waals surface area contributed by atoms with E-state index < -0.39 is 5.91 Å². The van der Waals surface area contributed by atoms with E-state index >= 15 is 0 Å². The Balaban J connectivity index is 1.72. The zero-order valence-electron chi connectivity index (χ0n) is 16.0. The Labute approximate surface area is 166 Å². The topological polar surface area (TPSA) is 102 Å². The predicted octanol–water partition coefficient (Wildman–Crippen LogP) is 2.06. The van der Waals surface area contributed by atoms with Gasteiger partial charge in [0.25, 0.3) is 5.91 Å². The van der Waals surface area contributed by atoms with Crippen LogP contribution < -0.4 is 10.1 Å². The molecule has 1 aromatic carbocycles. The fourth-order valence-corrected chi connectivity index (χ4v) is 3.10. The number of amides is 2. The van der Waals surface area contributed by atoms with Crippen molar-refractivity contribution >= 4 is 28.3 Å². The minimum Gasteiger partial charge on any atom is -0.496 e. The first-order chi connectivity index (χ1) is 13.4. The van der Waals surface area contributed by atoms with Crippen molar-refractivity contribution in [1.82, 2.24) is 24.9 Å². The maximum Gasteiger partial charge on any atom is 0.279 e. The molecule has 0 unspecified atom stereocenters. The summed E-state index contributed by atoms with van der Waals surface area (Å²) in [6.07, 6.45) is 1.43. The van der Waals surface area contributed by atoms with E-state index in [0.29, 0.717) is 16.6 Å². The smallest absolute Gasteiger partial charge is 0.279 e. The molecule has 9 nitrogen and oxygen atoms in total. The SMILES string of the molecule is COc1ccc(C)cc1-c1csc(NC(=O)c2cn(CC(=O)N(C)C)nn2)n1. The quantitative estimate of drug-likeness (QED) is 0.679. The molecule has 2 heterocycles. The number of carbonyl (C=O) groups excluding carboxylic acids is 2. The molecule has 0 atom stereocenters. The van der Waals surface area contributed by atoms with Gasteiger partial charge in [0, 0.05) is 25.0 Å². The van der Waals surface area contributed by atoms with Crippen molar-refractivity contribution in [3.05, 3.63) is 41.0 Å².